The Hall–Kier alpha value is -0.310. The van der Waals surface area contributed by atoms with Crippen LogP contribution < -0.4 is 0 Å². The van der Waals surface area contributed by atoms with Crippen molar-refractivity contribution in [1.29, 1.82) is 0 Å². The summed E-state index contributed by atoms with van der Waals surface area (Å²) in [5.41, 5.74) is 2.49. The summed E-state index contributed by atoms with van der Waals surface area (Å²) in [5, 5.41) is 0. The Balaban J connectivity index is 0.00000144. The van der Waals surface area contributed by atoms with Crippen LogP contribution in [0.25, 0.3) is 0 Å². The monoisotopic (exact) mass is 246 g/mol. The lowest BCUT2D eigenvalue weighted by atomic mass is 10.3. The molecule has 0 fully saturated rings. The summed E-state index contributed by atoms with van der Waals surface area (Å²) in [4.78, 5) is 4.43. The molecule has 0 radical (unpaired) electrons. The van der Waals surface area contributed by atoms with Crippen molar-refractivity contribution in [2.75, 3.05) is 0 Å². The number of halogens is 1. The molecule has 1 aromatic rings. The van der Waals surface area contributed by atoms with Crippen LogP contribution in [-0.4, -0.2) is 9.55 Å². The van der Waals surface area contributed by atoms with E-state index in [0.717, 1.165) is 12.4 Å². The van der Waals surface area contributed by atoms with E-state index in [4.69, 9.17) is 0 Å². The quantitative estimate of drug-likeness (QED) is 0.802. The summed E-state index contributed by atoms with van der Waals surface area (Å²) >= 11 is 0. The number of imidazole rings is 1. The van der Waals surface area contributed by atoms with Crippen LogP contribution in [0.4, 0.5) is 0 Å². The molecule has 1 heterocycles. The topological polar surface area (TPSA) is 17.8 Å². The van der Waals surface area contributed by atoms with Gasteiger partial charge in [0.15, 0.2) is 0 Å². The Labute approximate surface area is 91.1 Å². The number of aromatic nitrogens is 2. The fraction of sp³-hybridized carbons (Fsp3) is 0.700. The number of unbranched alkanes of at least 4 members (excludes halogenated alkanes) is 1. The number of rotatable bonds is 3. The summed E-state index contributed by atoms with van der Waals surface area (Å²) in [6, 6.07) is 0. The van der Waals surface area contributed by atoms with Gasteiger partial charge in [0.05, 0.1) is 5.69 Å². The van der Waals surface area contributed by atoms with Crippen LogP contribution in [0.2, 0.25) is 0 Å². The first kappa shape index (κ1) is 12.7. The van der Waals surface area contributed by atoms with Crippen LogP contribution in [0.1, 0.15) is 37.0 Å². The molecule has 1 aromatic heterocycles. The van der Waals surface area contributed by atoms with E-state index in [-0.39, 0.29) is 17.0 Å². The molecule has 0 spiro atoms. The highest BCUT2D eigenvalue weighted by molar-refractivity contribution is 8.93. The van der Waals surface area contributed by atoms with Gasteiger partial charge in [-0.1, -0.05) is 13.3 Å². The molecular weight excluding hydrogens is 228 g/mol. The molecule has 0 saturated carbocycles. The predicted octanol–water partition coefficient (Wildman–Crippen LogP) is 3.19. The molecule has 0 bridgehead atoms. The third-order valence-electron chi connectivity index (χ3n) is 2.38. The second-order valence-electron chi connectivity index (χ2n) is 3.34. The normalized spacial score (nSPS) is 9.85. The van der Waals surface area contributed by atoms with Crippen LogP contribution in [0.5, 0.6) is 0 Å². The molecule has 0 aliphatic rings. The summed E-state index contributed by atoms with van der Waals surface area (Å²) in [5.74, 6) is 1.15. The highest BCUT2D eigenvalue weighted by atomic mass is 79.9. The van der Waals surface area contributed by atoms with Crippen LogP contribution in [-0.2, 0) is 6.54 Å². The Morgan fingerprint density at radius 3 is 2.23 bits per heavy atom. The van der Waals surface area contributed by atoms with Crippen LogP contribution in [0.15, 0.2) is 0 Å². The van der Waals surface area contributed by atoms with Gasteiger partial charge in [-0.15, -0.1) is 17.0 Å². The lowest BCUT2D eigenvalue weighted by molar-refractivity contribution is 0.604. The maximum atomic E-state index is 4.43. The Morgan fingerprint density at radius 2 is 1.85 bits per heavy atom. The largest absolute Gasteiger partial charge is 0.332 e. The van der Waals surface area contributed by atoms with Gasteiger partial charge in [-0.2, -0.15) is 0 Å². The molecule has 13 heavy (non-hydrogen) atoms. The molecule has 0 N–H and O–H groups in total. The highest BCUT2D eigenvalue weighted by Gasteiger charge is 2.05. The summed E-state index contributed by atoms with van der Waals surface area (Å²) in [6.45, 7) is 9.63. The minimum atomic E-state index is 0. The molecule has 0 atom stereocenters. The number of hydrogen-bond acceptors (Lipinski definition) is 1. The van der Waals surface area contributed by atoms with Crippen molar-refractivity contribution in [3.8, 4) is 0 Å². The van der Waals surface area contributed by atoms with Crippen molar-refractivity contribution in [2.45, 2.75) is 47.1 Å². The Morgan fingerprint density at radius 1 is 1.23 bits per heavy atom. The van der Waals surface area contributed by atoms with E-state index in [9.17, 15) is 0 Å². The van der Waals surface area contributed by atoms with E-state index >= 15 is 0 Å². The SMILES string of the molecule is Br.CCCCn1c(C)nc(C)c1C. The van der Waals surface area contributed by atoms with Gasteiger partial charge in [-0.05, 0) is 27.2 Å². The number of aryl methyl sites for hydroxylation is 2. The van der Waals surface area contributed by atoms with Crippen molar-refractivity contribution in [3.63, 3.8) is 0 Å². The number of nitrogens with zero attached hydrogens (tertiary/aromatic N) is 2. The molecule has 3 heteroatoms. The van der Waals surface area contributed by atoms with Gasteiger partial charge >= 0.3 is 0 Å². The van der Waals surface area contributed by atoms with Crippen molar-refractivity contribution in [3.05, 3.63) is 17.2 Å². The molecule has 2 nitrogen and oxygen atoms in total. The first-order valence-corrected chi connectivity index (χ1v) is 4.67. The molecule has 0 aromatic carbocycles. The van der Waals surface area contributed by atoms with Gasteiger partial charge in [0.1, 0.15) is 5.82 Å². The average molecular weight is 247 g/mol. The van der Waals surface area contributed by atoms with Gasteiger partial charge in [0, 0.05) is 12.2 Å². The van der Waals surface area contributed by atoms with E-state index in [1.165, 1.54) is 24.2 Å². The van der Waals surface area contributed by atoms with E-state index in [0.29, 0.717) is 0 Å². The smallest absolute Gasteiger partial charge is 0.106 e. The fourth-order valence-corrected chi connectivity index (χ4v) is 1.47. The predicted molar refractivity (Wildman–Crippen MR) is 61.7 cm³/mol. The molecule has 0 unspecified atom stereocenters. The zero-order chi connectivity index (χ0) is 9.14. The van der Waals surface area contributed by atoms with Gasteiger partial charge in [0.2, 0.25) is 0 Å². The van der Waals surface area contributed by atoms with Crippen molar-refractivity contribution in [2.24, 2.45) is 0 Å². The van der Waals surface area contributed by atoms with Crippen LogP contribution in [0.3, 0.4) is 0 Å². The second kappa shape index (κ2) is 5.43. The molecule has 0 amide bonds. The van der Waals surface area contributed by atoms with Crippen LogP contribution in [0, 0.1) is 20.8 Å². The van der Waals surface area contributed by atoms with E-state index in [1.807, 2.05) is 0 Å². The van der Waals surface area contributed by atoms with E-state index in [1.54, 1.807) is 0 Å². The van der Waals surface area contributed by atoms with Gasteiger partial charge in [0.25, 0.3) is 0 Å². The highest BCUT2D eigenvalue weighted by Crippen LogP contribution is 2.10. The zero-order valence-electron chi connectivity index (χ0n) is 8.92. The molecule has 0 aliphatic heterocycles. The average Bonchev–Trinajstić information content (AvgIpc) is 2.25. The van der Waals surface area contributed by atoms with Gasteiger partial charge in [-0.3, -0.25) is 0 Å². The van der Waals surface area contributed by atoms with Crippen LogP contribution >= 0.6 is 17.0 Å². The standard InChI is InChI=1S/C10H18N2.BrH/c1-5-6-7-12-9(3)8(2)11-10(12)4;/h5-7H2,1-4H3;1H. The minimum Gasteiger partial charge on any atom is -0.332 e. The summed E-state index contributed by atoms with van der Waals surface area (Å²) in [7, 11) is 0. The lowest BCUT2D eigenvalue weighted by Crippen LogP contribution is -2.02. The molecule has 1 rings (SSSR count). The zero-order valence-corrected chi connectivity index (χ0v) is 10.6. The van der Waals surface area contributed by atoms with E-state index in [2.05, 4.69) is 37.2 Å². The first-order chi connectivity index (χ1) is 5.66. The van der Waals surface area contributed by atoms with Crippen molar-refractivity contribution < 1.29 is 0 Å². The molecule has 0 saturated heterocycles. The third-order valence-corrected chi connectivity index (χ3v) is 2.38. The Kier molecular flexibility index (Phi) is 5.30. The maximum absolute atomic E-state index is 4.43. The summed E-state index contributed by atoms with van der Waals surface area (Å²) < 4.78 is 2.30. The molecular formula is C10H19BrN2. The van der Waals surface area contributed by atoms with Crippen molar-refractivity contribution in [1.82, 2.24) is 9.55 Å². The molecule has 76 valence electrons. The van der Waals surface area contributed by atoms with Gasteiger partial charge in [-0.25, -0.2) is 4.98 Å². The third kappa shape index (κ3) is 2.83. The molecule has 0 aliphatic carbocycles. The minimum absolute atomic E-state index is 0. The second-order valence-corrected chi connectivity index (χ2v) is 3.34. The van der Waals surface area contributed by atoms with E-state index < -0.39 is 0 Å². The lowest BCUT2D eigenvalue weighted by Gasteiger charge is -2.05. The van der Waals surface area contributed by atoms with Gasteiger partial charge < -0.3 is 4.57 Å². The Bertz CT molecular complexity index is 266. The van der Waals surface area contributed by atoms with Crippen molar-refractivity contribution >= 4 is 17.0 Å². The number of hydrogen-bond donors (Lipinski definition) is 0. The fourth-order valence-electron chi connectivity index (χ4n) is 1.47. The summed E-state index contributed by atoms with van der Waals surface area (Å²) in [6.07, 6.45) is 2.49. The first-order valence-electron chi connectivity index (χ1n) is 4.67. The maximum Gasteiger partial charge on any atom is 0.106 e.